The van der Waals surface area contributed by atoms with Gasteiger partial charge in [-0.2, -0.15) is 0 Å². The number of hydrogen-bond donors (Lipinski definition) is 1. The van der Waals surface area contributed by atoms with Crippen molar-refractivity contribution in [1.82, 2.24) is 4.72 Å². The lowest BCUT2D eigenvalue weighted by Gasteiger charge is -2.23. The Labute approximate surface area is 125 Å². The van der Waals surface area contributed by atoms with Crippen LogP contribution in [0.5, 0.6) is 11.5 Å². The standard InChI is InChI=1S/C15H21NO4S/c1-19-14-6-5-12(9-15(14)20-2)21(17,18)16-13-8-10-3-4-11(13)7-10/h5-6,9-11,13,16H,3-4,7-8H2,1-2H3/t10-,11-,13-/m1/s1. The third-order valence-corrected chi connectivity index (χ3v) is 6.20. The monoisotopic (exact) mass is 311 g/mol. The van der Waals surface area contributed by atoms with Gasteiger partial charge < -0.3 is 9.47 Å². The van der Waals surface area contributed by atoms with Crippen LogP contribution in [-0.4, -0.2) is 28.7 Å². The summed E-state index contributed by atoms with van der Waals surface area (Å²) in [5, 5.41) is 0. The number of fused-ring (bicyclic) bond motifs is 2. The van der Waals surface area contributed by atoms with Gasteiger partial charge in [0.1, 0.15) is 0 Å². The summed E-state index contributed by atoms with van der Waals surface area (Å²) in [6.45, 7) is 0. The minimum atomic E-state index is -3.51. The van der Waals surface area contributed by atoms with Gasteiger partial charge in [0.2, 0.25) is 10.0 Å². The Hall–Kier alpha value is -1.27. The van der Waals surface area contributed by atoms with E-state index in [1.807, 2.05) is 0 Å². The number of benzene rings is 1. The summed E-state index contributed by atoms with van der Waals surface area (Å²) in [4.78, 5) is 0.225. The Kier molecular flexibility index (Phi) is 3.84. The molecule has 116 valence electrons. The number of methoxy groups -OCH3 is 2. The molecule has 6 heteroatoms. The van der Waals surface area contributed by atoms with Gasteiger partial charge in [0, 0.05) is 12.1 Å². The van der Waals surface area contributed by atoms with Crippen LogP contribution in [0, 0.1) is 11.8 Å². The van der Waals surface area contributed by atoms with Crippen LogP contribution in [0.4, 0.5) is 0 Å². The van der Waals surface area contributed by atoms with Crippen molar-refractivity contribution in [2.45, 2.75) is 36.6 Å². The second-order valence-corrected chi connectivity index (χ2v) is 7.63. The van der Waals surface area contributed by atoms with Crippen LogP contribution in [0.15, 0.2) is 23.1 Å². The first-order valence-electron chi connectivity index (χ1n) is 7.28. The first-order chi connectivity index (χ1) is 10.0. The van der Waals surface area contributed by atoms with Gasteiger partial charge in [0.05, 0.1) is 19.1 Å². The van der Waals surface area contributed by atoms with Crippen molar-refractivity contribution in [2.24, 2.45) is 11.8 Å². The zero-order chi connectivity index (χ0) is 15.0. The molecule has 21 heavy (non-hydrogen) atoms. The molecule has 5 nitrogen and oxygen atoms in total. The molecular formula is C15H21NO4S. The maximum atomic E-state index is 12.5. The quantitative estimate of drug-likeness (QED) is 0.905. The van der Waals surface area contributed by atoms with Crippen molar-refractivity contribution in [3.05, 3.63) is 18.2 Å². The van der Waals surface area contributed by atoms with Crippen LogP contribution in [0.2, 0.25) is 0 Å². The number of nitrogens with one attached hydrogen (secondary N) is 1. The normalized spacial score (nSPS) is 27.8. The van der Waals surface area contributed by atoms with Crippen LogP contribution in [0.3, 0.4) is 0 Å². The van der Waals surface area contributed by atoms with E-state index >= 15 is 0 Å². The highest BCUT2D eigenvalue weighted by Gasteiger charge is 2.41. The molecule has 0 heterocycles. The molecule has 2 aliphatic rings. The molecule has 0 aromatic heterocycles. The van der Waals surface area contributed by atoms with E-state index in [0.717, 1.165) is 12.8 Å². The summed E-state index contributed by atoms with van der Waals surface area (Å²) in [6.07, 6.45) is 4.53. The number of ether oxygens (including phenoxy) is 2. The largest absolute Gasteiger partial charge is 0.493 e. The molecule has 1 aromatic rings. The van der Waals surface area contributed by atoms with E-state index in [0.29, 0.717) is 23.3 Å². The zero-order valence-corrected chi connectivity index (χ0v) is 13.2. The molecule has 0 amide bonds. The highest BCUT2D eigenvalue weighted by Crippen LogP contribution is 2.45. The smallest absolute Gasteiger partial charge is 0.240 e. The molecular weight excluding hydrogens is 290 g/mol. The molecule has 1 N–H and O–H groups in total. The highest BCUT2D eigenvalue weighted by molar-refractivity contribution is 7.89. The second kappa shape index (κ2) is 5.50. The zero-order valence-electron chi connectivity index (χ0n) is 12.3. The Morgan fingerprint density at radius 3 is 2.43 bits per heavy atom. The molecule has 0 unspecified atom stereocenters. The van der Waals surface area contributed by atoms with Crippen molar-refractivity contribution >= 4 is 10.0 Å². The summed E-state index contributed by atoms with van der Waals surface area (Å²) in [5.74, 6) is 2.16. The summed E-state index contributed by atoms with van der Waals surface area (Å²) >= 11 is 0. The second-order valence-electron chi connectivity index (χ2n) is 5.92. The van der Waals surface area contributed by atoms with E-state index in [9.17, 15) is 8.42 Å². The van der Waals surface area contributed by atoms with E-state index in [-0.39, 0.29) is 10.9 Å². The lowest BCUT2D eigenvalue weighted by molar-refractivity contribution is 0.353. The third kappa shape index (κ3) is 2.74. The van der Waals surface area contributed by atoms with Crippen molar-refractivity contribution < 1.29 is 17.9 Å². The minimum Gasteiger partial charge on any atom is -0.493 e. The SMILES string of the molecule is COc1ccc(S(=O)(=O)N[C@@H]2C[C@@H]3CC[C@@H]2C3)cc1OC. The van der Waals surface area contributed by atoms with E-state index in [1.165, 1.54) is 33.1 Å². The Morgan fingerprint density at radius 2 is 1.86 bits per heavy atom. The molecule has 1 aromatic carbocycles. The van der Waals surface area contributed by atoms with Crippen LogP contribution in [-0.2, 0) is 10.0 Å². The number of hydrogen-bond acceptors (Lipinski definition) is 4. The molecule has 0 radical (unpaired) electrons. The molecule has 0 spiro atoms. The molecule has 3 rings (SSSR count). The lowest BCUT2D eigenvalue weighted by atomic mass is 9.96. The minimum absolute atomic E-state index is 0.0850. The fourth-order valence-electron chi connectivity index (χ4n) is 3.64. The van der Waals surface area contributed by atoms with Gasteiger partial charge in [-0.05, 0) is 43.2 Å². The van der Waals surface area contributed by atoms with Crippen molar-refractivity contribution in [1.29, 1.82) is 0 Å². The van der Waals surface area contributed by atoms with Crippen LogP contribution < -0.4 is 14.2 Å². The predicted octanol–water partition coefficient (Wildman–Crippen LogP) is 2.17. The highest BCUT2D eigenvalue weighted by atomic mass is 32.2. The first-order valence-corrected chi connectivity index (χ1v) is 8.76. The van der Waals surface area contributed by atoms with Crippen LogP contribution >= 0.6 is 0 Å². The van der Waals surface area contributed by atoms with Gasteiger partial charge in [-0.3, -0.25) is 0 Å². The molecule has 0 saturated heterocycles. The molecule has 2 fully saturated rings. The van der Waals surface area contributed by atoms with Crippen LogP contribution in [0.1, 0.15) is 25.7 Å². The predicted molar refractivity (Wildman–Crippen MR) is 79.1 cm³/mol. The molecule has 3 atom stereocenters. The van der Waals surface area contributed by atoms with Crippen molar-refractivity contribution in [3.8, 4) is 11.5 Å². The summed E-state index contributed by atoms with van der Waals surface area (Å²) in [7, 11) is -0.484. The topological polar surface area (TPSA) is 64.6 Å². The maximum absolute atomic E-state index is 12.5. The molecule has 2 bridgehead atoms. The average Bonchev–Trinajstić information content (AvgIpc) is 3.08. The average molecular weight is 311 g/mol. The van der Waals surface area contributed by atoms with Gasteiger partial charge in [-0.25, -0.2) is 13.1 Å². The third-order valence-electron chi connectivity index (χ3n) is 4.71. The van der Waals surface area contributed by atoms with E-state index in [4.69, 9.17) is 9.47 Å². The molecule has 0 aliphatic heterocycles. The van der Waals surface area contributed by atoms with Gasteiger partial charge >= 0.3 is 0 Å². The van der Waals surface area contributed by atoms with Gasteiger partial charge in [0.25, 0.3) is 0 Å². The number of rotatable bonds is 5. The Bertz CT molecular complexity index is 629. The maximum Gasteiger partial charge on any atom is 0.240 e. The summed E-state index contributed by atoms with van der Waals surface area (Å²) in [6, 6.07) is 4.77. The summed E-state index contributed by atoms with van der Waals surface area (Å²) < 4.78 is 38.2. The van der Waals surface area contributed by atoms with Gasteiger partial charge in [-0.1, -0.05) is 6.42 Å². The van der Waals surface area contributed by atoms with Gasteiger partial charge in [-0.15, -0.1) is 0 Å². The Balaban J connectivity index is 1.81. The van der Waals surface area contributed by atoms with Gasteiger partial charge in [0.15, 0.2) is 11.5 Å². The molecule has 2 aliphatic carbocycles. The number of sulfonamides is 1. The lowest BCUT2D eigenvalue weighted by Crippen LogP contribution is -2.38. The Morgan fingerprint density at radius 1 is 1.10 bits per heavy atom. The first kappa shape index (κ1) is 14.7. The van der Waals surface area contributed by atoms with E-state index in [1.54, 1.807) is 12.1 Å². The van der Waals surface area contributed by atoms with E-state index in [2.05, 4.69) is 4.72 Å². The summed E-state index contributed by atoms with van der Waals surface area (Å²) in [5.41, 5.74) is 0. The van der Waals surface area contributed by atoms with Crippen molar-refractivity contribution in [3.63, 3.8) is 0 Å². The van der Waals surface area contributed by atoms with Crippen molar-refractivity contribution in [2.75, 3.05) is 14.2 Å². The van der Waals surface area contributed by atoms with E-state index < -0.39 is 10.0 Å². The molecule has 2 saturated carbocycles. The fourth-order valence-corrected chi connectivity index (χ4v) is 4.97. The fraction of sp³-hybridized carbons (Fsp3) is 0.600. The van der Waals surface area contributed by atoms with Crippen LogP contribution in [0.25, 0.3) is 0 Å².